The van der Waals surface area contributed by atoms with Crippen molar-refractivity contribution in [2.45, 2.75) is 32.9 Å². The minimum absolute atomic E-state index is 0.0996. The van der Waals surface area contributed by atoms with Crippen LogP contribution in [0.3, 0.4) is 0 Å². The third kappa shape index (κ3) is 2.44. The Hall–Kier alpha value is -2.14. The first-order valence-corrected chi connectivity index (χ1v) is 6.88. The van der Waals surface area contributed by atoms with Gasteiger partial charge in [0.05, 0.1) is 12.6 Å². The van der Waals surface area contributed by atoms with E-state index >= 15 is 0 Å². The van der Waals surface area contributed by atoms with Gasteiger partial charge in [0.1, 0.15) is 11.5 Å². The lowest BCUT2D eigenvalue weighted by atomic mass is 10.3. The van der Waals surface area contributed by atoms with Crippen molar-refractivity contribution in [1.82, 2.24) is 19.9 Å². The Balaban J connectivity index is 1.71. The Morgan fingerprint density at radius 3 is 2.85 bits per heavy atom. The van der Waals surface area contributed by atoms with E-state index in [2.05, 4.69) is 29.4 Å². The van der Waals surface area contributed by atoms with Crippen molar-refractivity contribution < 1.29 is 4.42 Å². The summed E-state index contributed by atoms with van der Waals surface area (Å²) in [7, 11) is 0. The van der Waals surface area contributed by atoms with Crippen LogP contribution in [0.2, 0.25) is 0 Å². The van der Waals surface area contributed by atoms with Crippen molar-refractivity contribution in [3.8, 4) is 0 Å². The topological polar surface area (TPSA) is 55.4 Å². The number of aromatic nitrogens is 3. The molecule has 0 aliphatic carbocycles. The molecule has 0 aliphatic rings. The minimum atomic E-state index is 0.0996. The van der Waals surface area contributed by atoms with Crippen molar-refractivity contribution in [3.05, 3.63) is 53.9 Å². The maximum absolute atomic E-state index is 5.68. The van der Waals surface area contributed by atoms with Gasteiger partial charge in [-0.15, -0.1) is 10.2 Å². The zero-order valence-electron chi connectivity index (χ0n) is 11.7. The second-order valence-corrected chi connectivity index (χ2v) is 4.81. The molecule has 3 aromatic heterocycles. The van der Waals surface area contributed by atoms with E-state index in [9.17, 15) is 0 Å². The number of hydrogen-bond acceptors (Lipinski definition) is 4. The number of nitrogens with one attached hydrogen (secondary N) is 1. The van der Waals surface area contributed by atoms with Crippen LogP contribution in [-0.2, 0) is 13.0 Å². The molecule has 1 unspecified atom stereocenters. The molecule has 3 aromatic rings. The first-order valence-electron chi connectivity index (χ1n) is 6.88. The van der Waals surface area contributed by atoms with Crippen LogP contribution in [0, 0.1) is 0 Å². The van der Waals surface area contributed by atoms with Crippen molar-refractivity contribution in [1.29, 1.82) is 0 Å². The van der Waals surface area contributed by atoms with Crippen LogP contribution in [0.5, 0.6) is 0 Å². The fourth-order valence-corrected chi connectivity index (χ4v) is 2.21. The molecule has 0 radical (unpaired) electrons. The first kappa shape index (κ1) is 12.9. The molecule has 0 bridgehead atoms. The van der Waals surface area contributed by atoms with E-state index < -0.39 is 0 Å². The van der Waals surface area contributed by atoms with Crippen molar-refractivity contribution in [2.75, 3.05) is 0 Å². The van der Waals surface area contributed by atoms with Crippen LogP contribution in [0.15, 0.2) is 40.9 Å². The molecule has 0 fully saturated rings. The average Bonchev–Trinajstić information content (AvgIpc) is 3.11. The lowest BCUT2D eigenvalue weighted by Crippen LogP contribution is -2.20. The number of pyridine rings is 1. The summed E-state index contributed by atoms with van der Waals surface area (Å²) in [6.07, 6.45) is 2.90. The molecule has 0 saturated heterocycles. The maximum atomic E-state index is 5.68. The average molecular weight is 270 g/mol. The predicted molar refractivity (Wildman–Crippen MR) is 76.3 cm³/mol. The number of fused-ring (bicyclic) bond motifs is 1. The summed E-state index contributed by atoms with van der Waals surface area (Å²) in [6.45, 7) is 4.84. The Bertz CT molecular complexity index is 701. The second kappa shape index (κ2) is 5.46. The van der Waals surface area contributed by atoms with Gasteiger partial charge < -0.3 is 9.73 Å². The molecule has 0 aliphatic heterocycles. The molecule has 5 nitrogen and oxygen atoms in total. The third-order valence-electron chi connectivity index (χ3n) is 3.38. The Kier molecular flexibility index (Phi) is 3.52. The zero-order valence-corrected chi connectivity index (χ0v) is 11.7. The SMILES string of the molecule is CCc1ccc(CNC(C)c2nnc3ccccn23)o1. The van der Waals surface area contributed by atoms with Gasteiger partial charge in [0.2, 0.25) is 0 Å². The highest BCUT2D eigenvalue weighted by molar-refractivity contribution is 5.37. The van der Waals surface area contributed by atoms with Gasteiger partial charge in [0, 0.05) is 12.6 Å². The Labute approximate surface area is 117 Å². The summed E-state index contributed by atoms with van der Waals surface area (Å²) in [5.74, 6) is 2.87. The van der Waals surface area contributed by atoms with E-state index in [1.165, 1.54) is 0 Å². The number of aryl methyl sites for hydroxylation is 1. The molecule has 1 N–H and O–H groups in total. The molecule has 3 heterocycles. The molecule has 1 atom stereocenters. The number of rotatable bonds is 5. The minimum Gasteiger partial charge on any atom is -0.465 e. The van der Waals surface area contributed by atoms with Gasteiger partial charge >= 0.3 is 0 Å². The Morgan fingerprint density at radius 1 is 1.20 bits per heavy atom. The normalized spacial score (nSPS) is 12.9. The van der Waals surface area contributed by atoms with Gasteiger partial charge in [-0.05, 0) is 31.2 Å². The zero-order chi connectivity index (χ0) is 13.9. The van der Waals surface area contributed by atoms with Gasteiger partial charge in [0.25, 0.3) is 0 Å². The number of furan rings is 1. The maximum Gasteiger partial charge on any atom is 0.160 e. The second-order valence-electron chi connectivity index (χ2n) is 4.81. The fraction of sp³-hybridized carbons (Fsp3) is 0.333. The molecule has 0 saturated carbocycles. The predicted octanol–water partition coefficient (Wildman–Crippen LogP) is 2.74. The van der Waals surface area contributed by atoms with Crippen LogP contribution in [-0.4, -0.2) is 14.6 Å². The summed E-state index contributed by atoms with van der Waals surface area (Å²) in [4.78, 5) is 0. The van der Waals surface area contributed by atoms with E-state index in [0.29, 0.717) is 6.54 Å². The largest absolute Gasteiger partial charge is 0.465 e. The highest BCUT2D eigenvalue weighted by Crippen LogP contribution is 2.14. The summed E-state index contributed by atoms with van der Waals surface area (Å²) in [5, 5.41) is 11.8. The summed E-state index contributed by atoms with van der Waals surface area (Å²) >= 11 is 0. The van der Waals surface area contributed by atoms with Crippen LogP contribution in [0.4, 0.5) is 0 Å². The van der Waals surface area contributed by atoms with E-state index in [1.54, 1.807) is 0 Å². The molecule has 0 spiro atoms. The van der Waals surface area contributed by atoms with Crippen LogP contribution in [0.25, 0.3) is 5.65 Å². The molecule has 5 heteroatoms. The van der Waals surface area contributed by atoms with E-state index in [4.69, 9.17) is 4.42 Å². The van der Waals surface area contributed by atoms with Crippen LogP contribution in [0.1, 0.15) is 37.2 Å². The van der Waals surface area contributed by atoms with Gasteiger partial charge in [-0.1, -0.05) is 13.0 Å². The molecule has 0 amide bonds. The quantitative estimate of drug-likeness (QED) is 0.774. The fourth-order valence-electron chi connectivity index (χ4n) is 2.21. The summed E-state index contributed by atoms with van der Waals surface area (Å²) < 4.78 is 7.68. The van der Waals surface area contributed by atoms with Crippen LogP contribution >= 0.6 is 0 Å². The van der Waals surface area contributed by atoms with Crippen molar-refractivity contribution >= 4 is 5.65 Å². The van der Waals surface area contributed by atoms with E-state index in [1.807, 2.05) is 40.9 Å². The van der Waals surface area contributed by atoms with Crippen LogP contribution < -0.4 is 5.32 Å². The molecular formula is C15H18N4O. The molecule has 0 aromatic carbocycles. The summed E-state index contributed by atoms with van der Waals surface area (Å²) in [6, 6.07) is 10.0. The molecule has 104 valence electrons. The highest BCUT2D eigenvalue weighted by Gasteiger charge is 2.13. The lowest BCUT2D eigenvalue weighted by molar-refractivity contribution is 0.429. The third-order valence-corrected chi connectivity index (χ3v) is 3.38. The van der Waals surface area contributed by atoms with Gasteiger partial charge in [0.15, 0.2) is 11.5 Å². The van der Waals surface area contributed by atoms with Gasteiger partial charge in [-0.3, -0.25) is 4.40 Å². The smallest absolute Gasteiger partial charge is 0.160 e. The standard InChI is InChI=1S/C15H18N4O/c1-3-12-7-8-13(20-12)10-16-11(2)15-18-17-14-6-4-5-9-19(14)15/h4-9,11,16H,3,10H2,1-2H3. The van der Waals surface area contributed by atoms with Crippen molar-refractivity contribution in [3.63, 3.8) is 0 Å². The van der Waals surface area contributed by atoms with Gasteiger partial charge in [-0.2, -0.15) is 0 Å². The Morgan fingerprint density at radius 2 is 2.05 bits per heavy atom. The molecule has 3 rings (SSSR count). The summed E-state index contributed by atoms with van der Waals surface area (Å²) in [5.41, 5.74) is 0.863. The first-order chi connectivity index (χ1) is 9.78. The monoisotopic (exact) mass is 270 g/mol. The molecular weight excluding hydrogens is 252 g/mol. The number of hydrogen-bond donors (Lipinski definition) is 1. The molecule has 20 heavy (non-hydrogen) atoms. The highest BCUT2D eigenvalue weighted by atomic mass is 16.3. The number of nitrogens with zero attached hydrogens (tertiary/aromatic N) is 3. The van der Waals surface area contributed by atoms with E-state index in [-0.39, 0.29) is 6.04 Å². The lowest BCUT2D eigenvalue weighted by Gasteiger charge is -2.10. The van der Waals surface area contributed by atoms with Gasteiger partial charge in [-0.25, -0.2) is 0 Å². The van der Waals surface area contributed by atoms with E-state index in [0.717, 1.165) is 29.4 Å². The van der Waals surface area contributed by atoms with Crippen molar-refractivity contribution in [2.24, 2.45) is 0 Å².